The summed E-state index contributed by atoms with van der Waals surface area (Å²) < 4.78 is 17.9. The van der Waals surface area contributed by atoms with Gasteiger partial charge in [-0.15, -0.1) is 0 Å². The zero-order valence-electron chi connectivity index (χ0n) is 26.1. The second kappa shape index (κ2) is 12.1. The third-order valence-corrected chi connectivity index (χ3v) is 9.38. The van der Waals surface area contributed by atoms with Crippen LogP contribution in [0.2, 0.25) is 0 Å². The van der Waals surface area contributed by atoms with Gasteiger partial charge in [0.05, 0.1) is 22.1 Å². The number of hydrogen-bond donors (Lipinski definition) is 0. The van der Waals surface area contributed by atoms with Crippen molar-refractivity contribution in [2.45, 2.75) is 0 Å². The lowest BCUT2D eigenvalue weighted by atomic mass is 10.1. The number of halogens is 1. The second-order valence-corrected chi connectivity index (χ2v) is 12.4. The summed E-state index contributed by atoms with van der Waals surface area (Å²) in [7, 11) is 0. The van der Waals surface area contributed by atoms with Crippen LogP contribution in [0, 0.1) is 0 Å². The first-order valence-corrected chi connectivity index (χ1v) is 16.7. The first kappa shape index (κ1) is 29.0. The van der Waals surface area contributed by atoms with Crippen molar-refractivity contribution in [3.8, 4) is 45.9 Å². The molecule has 9 aromatic rings. The van der Waals surface area contributed by atoms with Crippen molar-refractivity contribution in [2.75, 3.05) is 0 Å². The third-order valence-electron chi connectivity index (χ3n) is 8.59. The van der Waals surface area contributed by atoms with Crippen LogP contribution in [0.4, 0.5) is 0 Å². The van der Waals surface area contributed by atoms with Gasteiger partial charge in [-0.25, -0.2) is 9.97 Å². The Morgan fingerprint density at radius 2 is 1.18 bits per heavy atom. The number of pyridine rings is 1. The van der Waals surface area contributed by atoms with Gasteiger partial charge in [-0.2, -0.15) is 0 Å². The van der Waals surface area contributed by atoms with E-state index in [1.807, 2.05) is 109 Å². The molecular formula is C42H27BrN4O2. The van der Waals surface area contributed by atoms with E-state index in [0.29, 0.717) is 17.2 Å². The van der Waals surface area contributed by atoms with Crippen LogP contribution in [0.15, 0.2) is 168 Å². The first-order chi connectivity index (χ1) is 24.2. The summed E-state index contributed by atoms with van der Waals surface area (Å²) in [5, 5.41) is 2.22. The molecule has 0 bridgehead atoms. The van der Waals surface area contributed by atoms with E-state index in [4.69, 9.17) is 14.5 Å². The Morgan fingerprint density at radius 1 is 0.510 bits per heavy atom. The summed E-state index contributed by atoms with van der Waals surface area (Å²) in [5.74, 6) is 4.47. The highest BCUT2D eigenvalue weighted by atomic mass is 79.9. The molecule has 7 heteroatoms. The molecular weight excluding hydrogens is 672 g/mol. The number of hydrogen-bond acceptors (Lipinski definition) is 4. The number of imidazole rings is 1. The molecule has 0 saturated heterocycles. The monoisotopic (exact) mass is 698 g/mol. The minimum atomic E-state index is 0.648. The molecule has 49 heavy (non-hydrogen) atoms. The van der Waals surface area contributed by atoms with Gasteiger partial charge in [0.25, 0.3) is 0 Å². The lowest BCUT2D eigenvalue weighted by Gasteiger charge is -2.13. The highest BCUT2D eigenvalue weighted by Crippen LogP contribution is 2.41. The third kappa shape index (κ3) is 5.21. The Bertz CT molecular complexity index is 2610. The van der Waals surface area contributed by atoms with E-state index >= 15 is 0 Å². The Kier molecular flexibility index (Phi) is 7.17. The topological polar surface area (TPSA) is 54.1 Å². The summed E-state index contributed by atoms with van der Waals surface area (Å²) in [6, 6.07) is 52.8. The van der Waals surface area contributed by atoms with Crippen LogP contribution < -0.4 is 9.47 Å². The molecule has 6 nitrogen and oxygen atoms in total. The molecule has 0 aliphatic carbocycles. The average Bonchev–Trinajstić information content (AvgIpc) is 3.70. The van der Waals surface area contributed by atoms with Gasteiger partial charge in [0, 0.05) is 28.2 Å². The lowest BCUT2D eigenvalue weighted by Crippen LogP contribution is -1.97. The molecule has 0 amide bonds. The van der Waals surface area contributed by atoms with Crippen LogP contribution in [-0.4, -0.2) is 19.1 Å². The van der Waals surface area contributed by atoms with Gasteiger partial charge in [-0.1, -0.05) is 60.7 Å². The molecule has 3 aromatic heterocycles. The average molecular weight is 700 g/mol. The molecule has 0 fully saturated rings. The van der Waals surface area contributed by atoms with Crippen molar-refractivity contribution in [1.29, 1.82) is 0 Å². The van der Waals surface area contributed by atoms with E-state index in [1.165, 1.54) is 0 Å². The SMILES string of the molecule is Brc1c(Oc2ccc(-c3nc4ccccc4n3-c3ccccc3)cc2)cccc1Oc1ccc2c(c1)c1ccccc1n2-c1ccccn1. The number of nitrogens with zero attached hydrogens (tertiary/aromatic N) is 4. The first-order valence-electron chi connectivity index (χ1n) is 15.9. The van der Waals surface area contributed by atoms with E-state index in [-0.39, 0.29) is 0 Å². The van der Waals surface area contributed by atoms with Gasteiger partial charge in [-0.05, 0) is 113 Å². The van der Waals surface area contributed by atoms with Gasteiger partial charge >= 0.3 is 0 Å². The number of rotatable bonds is 7. The van der Waals surface area contributed by atoms with Crippen molar-refractivity contribution in [2.24, 2.45) is 0 Å². The smallest absolute Gasteiger partial charge is 0.145 e. The zero-order valence-corrected chi connectivity index (χ0v) is 27.7. The predicted molar refractivity (Wildman–Crippen MR) is 199 cm³/mol. The van der Waals surface area contributed by atoms with Crippen molar-refractivity contribution < 1.29 is 9.47 Å². The van der Waals surface area contributed by atoms with Crippen LogP contribution in [0.1, 0.15) is 0 Å². The van der Waals surface area contributed by atoms with E-state index in [1.54, 1.807) is 0 Å². The van der Waals surface area contributed by atoms with E-state index in [9.17, 15) is 0 Å². The maximum Gasteiger partial charge on any atom is 0.145 e. The van der Waals surface area contributed by atoms with Crippen molar-refractivity contribution >= 4 is 48.8 Å². The highest BCUT2D eigenvalue weighted by molar-refractivity contribution is 9.10. The summed E-state index contributed by atoms with van der Waals surface area (Å²) in [4.78, 5) is 9.60. The molecule has 0 aliphatic rings. The van der Waals surface area contributed by atoms with Gasteiger partial charge in [0.15, 0.2) is 0 Å². The number of ether oxygens (including phenoxy) is 2. The predicted octanol–water partition coefficient (Wildman–Crippen LogP) is 11.5. The van der Waals surface area contributed by atoms with Crippen LogP contribution >= 0.6 is 15.9 Å². The number of benzene rings is 6. The van der Waals surface area contributed by atoms with Gasteiger partial charge in [0.2, 0.25) is 0 Å². The van der Waals surface area contributed by atoms with Crippen LogP contribution in [0.25, 0.3) is 55.7 Å². The largest absolute Gasteiger partial charge is 0.456 e. The fourth-order valence-electron chi connectivity index (χ4n) is 6.38. The normalized spacial score (nSPS) is 11.4. The second-order valence-electron chi connectivity index (χ2n) is 11.6. The maximum absolute atomic E-state index is 6.46. The molecule has 9 rings (SSSR count). The van der Waals surface area contributed by atoms with E-state index in [0.717, 1.165) is 66.0 Å². The van der Waals surface area contributed by atoms with Gasteiger partial charge in [-0.3, -0.25) is 9.13 Å². The maximum atomic E-state index is 6.46. The number of para-hydroxylation sites is 4. The summed E-state index contributed by atoms with van der Waals surface area (Å²) in [5.41, 5.74) is 6.21. The van der Waals surface area contributed by atoms with Crippen LogP contribution in [0.3, 0.4) is 0 Å². The van der Waals surface area contributed by atoms with Crippen molar-refractivity contribution in [3.63, 3.8) is 0 Å². The molecule has 6 aromatic carbocycles. The number of fused-ring (bicyclic) bond motifs is 4. The zero-order chi connectivity index (χ0) is 32.7. The summed E-state index contributed by atoms with van der Waals surface area (Å²) >= 11 is 3.75. The minimum Gasteiger partial charge on any atom is -0.456 e. The van der Waals surface area contributed by atoms with Gasteiger partial charge < -0.3 is 9.47 Å². The summed E-state index contributed by atoms with van der Waals surface area (Å²) in [6.07, 6.45) is 1.82. The standard InChI is InChI=1S/C42H27BrN4O2/c43-41-38(48-30-22-20-28(21-23-30)42-45-34-14-5-7-16-37(34)46(42)29-11-2-1-3-12-29)17-10-18-39(41)49-31-24-25-36-33(27-31)32-13-4-6-15-35(32)47(36)40-19-8-9-26-44-40/h1-27H. The van der Waals surface area contributed by atoms with Crippen LogP contribution in [-0.2, 0) is 0 Å². The minimum absolute atomic E-state index is 0.648. The molecule has 234 valence electrons. The lowest BCUT2D eigenvalue weighted by molar-refractivity contribution is 0.455. The van der Waals surface area contributed by atoms with E-state index < -0.39 is 0 Å². The van der Waals surface area contributed by atoms with Gasteiger partial charge in [0.1, 0.15) is 39.1 Å². The molecule has 0 saturated carbocycles. The quantitative estimate of drug-likeness (QED) is 0.166. The molecule has 3 heterocycles. The Hall–Kier alpha value is -6.18. The molecule has 0 radical (unpaired) electrons. The molecule has 0 spiro atoms. The molecule has 0 aliphatic heterocycles. The van der Waals surface area contributed by atoms with Crippen molar-refractivity contribution in [3.05, 3.63) is 168 Å². The molecule has 0 unspecified atom stereocenters. The highest BCUT2D eigenvalue weighted by Gasteiger charge is 2.17. The Balaban J connectivity index is 1.01. The van der Waals surface area contributed by atoms with Crippen molar-refractivity contribution in [1.82, 2.24) is 19.1 Å². The van der Waals surface area contributed by atoms with Crippen LogP contribution in [0.5, 0.6) is 23.0 Å². The Morgan fingerprint density at radius 3 is 1.98 bits per heavy atom. The van der Waals surface area contributed by atoms with E-state index in [2.05, 4.69) is 84.6 Å². The fraction of sp³-hybridized carbons (Fsp3) is 0. The number of aromatic nitrogens is 4. The Labute approximate surface area is 290 Å². The molecule has 0 N–H and O–H groups in total. The molecule has 0 atom stereocenters. The fourth-order valence-corrected chi connectivity index (χ4v) is 6.81. The summed E-state index contributed by atoms with van der Waals surface area (Å²) in [6.45, 7) is 0.